The highest BCUT2D eigenvalue weighted by Crippen LogP contribution is 2.16. The third-order valence-corrected chi connectivity index (χ3v) is 3.53. The van der Waals surface area contributed by atoms with Crippen molar-refractivity contribution >= 4 is 16.1 Å². The Balaban J connectivity index is 2.96. The minimum Gasteiger partial charge on any atom is -0.479 e. The lowest BCUT2D eigenvalue weighted by Crippen LogP contribution is -2.26. The molecule has 0 spiro atoms. The second kappa shape index (κ2) is 5.29. The van der Waals surface area contributed by atoms with E-state index in [9.17, 15) is 13.2 Å². The molecule has 1 N–H and O–H groups in total. The Bertz CT molecular complexity index is 489. The maximum Gasteiger partial charge on any atom is 0.334 e. The Hall–Kier alpha value is -1.40. The van der Waals surface area contributed by atoms with Crippen LogP contribution in [0.25, 0.3) is 0 Å². The first-order valence-electron chi connectivity index (χ1n) is 5.09. The highest BCUT2D eigenvalue weighted by Gasteiger charge is 2.25. The van der Waals surface area contributed by atoms with Crippen LogP contribution in [0.3, 0.4) is 0 Å². The topological polar surface area (TPSA) is 80.7 Å². The molecule has 0 radical (unpaired) electrons. The Morgan fingerprint density at radius 2 is 1.88 bits per heavy atom. The van der Waals surface area contributed by atoms with E-state index in [0.29, 0.717) is 0 Å². The fourth-order valence-electron chi connectivity index (χ4n) is 1.20. The molecule has 5 nitrogen and oxygen atoms in total. The van der Waals surface area contributed by atoms with Crippen LogP contribution in [0.5, 0.6) is 0 Å². The maximum absolute atomic E-state index is 11.7. The van der Waals surface area contributed by atoms with E-state index in [0.717, 1.165) is 5.56 Å². The first-order chi connectivity index (χ1) is 7.86. The molecule has 0 unspecified atom stereocenters. The van der Waals surface area contributed by atoms with E-state index in [-0.39, 0.29) is 11.3 Å². The van der Waals surface area contributed by atoms with E-state index in [4.69, 9.17) is 5.11 Å². The summed E-state index contributed by atoms with van der Waals surface area (Å²) in [7, 11) is -4.01. The average Bonchev–Trinajstić information content (AvgIpc) is 2.26. The molecule has 6 heteroatoms. The zero-order chi connectivity index (χ0) is 13.1. The molecule has 0 bridgehead atoms. The molecule has 0 saturated carbocycles. The summed E-state index contributed by atoms with van der Waals surface area (Å²) in [4.78, 5) is 10.7. The molecule has 1 aromatic carbocycles. The van der Waals surface area contributed by atoms with Gasteiger partial charge in [0.05, 0.1) is 4.90 Å². The molecule has 0 aliphatic rings. The van der Waals surface area contributed by atoms with Crippen molar-refractivity contribution < 1.29 is 22.5 Å². The Labute approximate surface area is 100 Å². The molecule has 1 rings (SSSR count). The lowest BCUT2D eigenvalue weighted by atomic mass is 10.2. The van der Waals surface area contributed by atoms with Gasteiger partial charge in [-0.1, -0.05) is 24.6 Å². The molecule has 0 aromatic heterocycles. The van der Waals surface area contributed by atoms with Crippen molar-refractivity contribution in [2.24, 2.45) is 0 Å². The third-order valence-electron chi connectivity index (χ3n) is 2.20. The quantitative estimate of drug-likeness (QED) is 0.811. The normalized spacial score (nSPS) is 13.3. The molecule has 94 valence electrons. The van der Waals surface area contributed by atoms with Gasteiger partial charge < -0.3 is 5.11 Å². The van der Waals surface area contributed by atoms with Gasteiger partial charge in [-0.05, 0) is 25.5 Å². The monoisotopic (exact) mass is 258 g/mol. The molecule has 0 amide bonds. The van der Waals surface area contributed by atoms with Gasteiger partial charge in [-0.25, -0.2) is 4.79 Å². The summed E-state index contributed by atoms with van der Waals surface area (Å²) in [5.74, 6) is -1.29. The van der Waals surface area contributed by atoms with E-state index in [2.05, 4.69) is 4.18 Å². The number of carboxylic acids is 1. The molecule has 0 heterocycles. The van der Waals surface area contributed by atoms with Crippen LogP contribution in [0.4, 0.5) is 0 Å². The largest absolute Gasteiger partial charge is 0.479 e. The van der Waals surface area contributed by atoms with Gasteiger partial charge in [0.2, 0.25) is 0 Å². The number of aryl methyl sites for hydroxylation is 1. The van der Waals surface area contributed by atoms with E-state index in [1.54, 1.807) is 19.1 Å². The van der Waals surface area contributed by atoms with Gasteiger partial charge in [0.15, 0.2) is 6.10 Å². The van der Waals surface area contributed by atoms with Gasteiger partial charge in [0.25, 0.3) is 10.1 Å². The Kier molecular flexibility index (Phi) is 4.25. The van der Waals surface area contributed by atoms with Crippen LogP contribution in [0.2, 0.25) is 0 Å². The molecule has 0 fully saturated rings. The number of carboxylic acid groups (broad SMARTS) is 1. The van der Waals surface area contributed by atoms with Crippen LogP contribution >= 0.6 is 0 Å². The van der Waals surface area contributed by atoms with Gasteiger partial charge in [0.1, 0.15) is 0 Å². The van der Waals surface area contributed by atoms with Crippen molar-refractivity contribution in [3.63, 3.8) is 0 Å². The summed E-state index contributed by atoms with van der Waals surface area (Å²) in [5, 5.41) is 8.74. The van der Waals surface area contributed by atoms with Crippen LogP contribution in [0.1, 0.15) is 18.9 Å². The lowest BCUT2D eigenvalue weighted by molar-refractivity contribution is -0.145. The fraction of sp³-hybridized carbons (Fsp3) is 0.364. The van der Waals surface area contributed by atoms with Crippen molar-refractivity contribution in [1.82, 2.24) is 0 Å². The number of hydrogen-bond donors (Lipinski definition) is 1. The predicted octanol–water partition coefficient (Wildman–Crippen LogP) is 1.56. The smallest absolute Gasteiger partial charge is 0.334 e. The van der Waals surface area contributed by atoms with Crippen molar-refractivity contribution in [2.45, 2.75) is 31.3 Å². The first-order valence-corrected chi connectivity index (χ1v) is 6.50. The van der Waals surface area contributed by atoms with E-state index in [1.807, 2.05) is 6.92 Å². The highest BCUT2D eigenvalue weighted by atomic mass is 32.2. The number of carbonyl (C=O) groups is 1. The van der Waals surface area contributed by atoms with Gasteiger partial charge in [-0.15, -0.1) is 0 Å². The number of aliphatic carboxylic acids is 1. The summed E-state index contributed by atoms with van der Waals surface area (Å²) < 4.78 is 28.1. The van der Waals surface area contributed by atoms with Crippen molar-refractivity contribution in [3.8, 4) is 0 Å². The number of hydrogen-bond acceptors (Lipinski definition) is 4. The second-order valence-electron chi connectivity index (χ2n) is 3.60. The predicted molar refractivity (Wildman–Crippen MR) is 61.2 cm³/mol. The van der Waals surface area contributed by atoms with Crippen LogP contribution in [-0.2, 0) is 19.1 Å². The van der Waals surface area contributed by atoms with Crippen LogP contribution in [-0.4, -0.2) is 25.6 Å². The molecular weight excluding hydrogens is 244 g/mol. The summed E-state index contributed by atoms with van der Waals surface area (Å²) in [5.41, 5.74) is 0.911. The Morgan fingerprint density at radius 3 is 2.29 bits per heavy atom. The lowest BCUT2D eigenvalue weighted by Gasteiger charge is -2.11. The molecule has 17 heavy (non-hydrogen) atoms. The van der Waals surface area contributed by atoms with E-state index in [1.165, 1.54) is 12.1 Å². The number of benzene rings is 1. The van der Waals surface area contributed by atoms with E-state index >= 15 is 0 Å². The summed E-state index contributed by atoms with van der Waals surface area (Å²) >= 11 is 0. The Morgan fingerprint density at radius 1 is 1.35 bits per heavy atom. The van der Waals surface area contributed by atoms with Gasteiger partial charge in [-0.3, -0.25) is 4.18 Å². The van der Waals surface area contributed by atoms with Crippen molar-refractivity contribution in [3.05, 3.63) is 29.8 Å². The highest BCUT2D eigenvalue weighted by molar-refractivity contribution is 7.86. The first kappa shape index (κ1) is 13.7. The van der Waals surface area contributed by atoms with Gasteiger partial charge in [0, 0.05) is 0 Å². The zero-order valence-corrected chi connectivity index (χ0v) is 10.4. The standard InChI is InChI=1S/C11H14O5S/c1-3-10(11(12)13)16-17(14,15)9-6-4-8(2)5-7-9/h4-7,10H,3H2,1-2H3,(H,12,13)/t10-/m1/s1. The van der Waals surface area contributed by atoms with E-state index < -0.39 is 22.2 Å². The van der Waals surface area contributed by atoms with Gasteiger partial charge in [-0.2, -0.15) is 8.42 Å². The van der Waals surface area contributed by atoms with Crippen LogP contribution in [0.15, 0.2) is 29.2 Å². The minimum atomic E-state index is -4.01. The minimum absolute atomic E-state index is 0.0391. The summed E-state index contributed by atoms with van der Waals surface area (Å²) in [6.07, 6.45) is -1.26. The molecule has 1 aromatic rings. The maximum atomic E-state index is 11.7. The molecule has 0 aliphatic carbocycles. The van der Waals surface area contributed by atoms with Crippen LogP contribution < -0.4 is 0 Å². The molecule has 0 saturated heterocycles. The van der Waals surface area contributed by atoms with Crippen molar-refractivity contribution in [1.29, 1.82) is 0 Å². The number of rotatable bonds is 5. The third kappa shape index (κ3) is 3.54. The zero-order valence-electron chi connectivity index (χ0n) is 9.58. The molecule has 0 aliphatic heterocycles. The molecule has 1 atom stereocenters. The van der Waals surface area contributed by atoms with Crippen LogP contribution in [0, 0.1) is 6.92 Å². The fourth-order valence-corrected chi connectivity index (χ4v) is 2.30. The SMILES string of the molecule is CC[C@@H](OS(=O)(=O)c1ccc(C)cc1)C(=O)O. The van der Waals surface area contributed by atoms with Gasteiger partial charge >= 0.3 is 5.97 Å². The second-order valence-corrected chi connectivity index (χ2v) is 5.17. The van der Waals surface area contributed by atoms with Crippen molar-refractivity contribution in [2.75, 3.05) is 0 Å². The average molecular weight is 258 g/mol. The summed E-state index contributed by atoms with van der Waals surface area (Å²) in [6.45, 7) is 3.37. The summed E-state index contributed by atoms with van der Waals surface area (Å²) in [6, 6.07) is 6.02. The molecular formula is C11H14O5S.